The van der Waals surface area contributed by atoms with E-state index in [2.05, 4.69) is 0 Å². The van der Waals surface area contributed by atoms with Gasteiger partial charge in [-0.1, -0.05) is 41.5 Å². The van der Waals surface area contributed by atoms with E-state index in [4.69, 9.17) is 76.6 Å². The van der Waals surface area contributed by atoms with Crippen LogP contribution in [0.2, 0.25) is 0 Å². The third kappa shape index (κ3) is 38.5. The average molecular weight is 883 g/mol. The van der Waals surface area contributed by atoms with Crippen LogP contribution in [0.1, 0.15) is 139 Å². The van der Waals surface area contributed by atoms with E-state index in [0.29, 0.717) is 6.42 Å². The monoisotopic (exact) mass is 882 g/mol. The summed E-state index contributed by atoms with van der Waals surface area (Å²) in [5.74, 6) is -12.4. The molecule has 0 spiro atoms. The molecule has 0 aromatic carbocycles. The van der Waals surface area contributed by atoms with Crippen LogP contribution >= 0.6 is 0 Å². The molecule has 0 radical (unpaired) electrons. The Hall–Kier alpha value is -5.01. The zero-order valence-corrected chi connectivity index (χ0v) is 35.4. The Morgan fingerprint density at radius 1 is 0.283 bits per heavy atom. The van der Waals surface area contributed by atoms with Crippen molar-refractivity contribution in [2.45, 2.75) is 173 Å². The molecule has 0 aromatic heterocycles. The Bertz CT molecular complexity index is 1320. The Labute approximate surface area is 346 Å². The van der Waals surface area contributed by atoms with Gasteiger partial charge in [0, 0.05) is 0 Å². The summed E-state index contributed by atoms with van der Waals surface area (Å²) < 4.78 is 0. The number of aliphatic hydroxyl groups is 6. The molecule has 0 heterocycles. The molecule has 60 heavy (non-hydrogen) atoms. The van der Waals surface area contributed by atoms with Gasteiger partial charge >= 0.3 is 53.7 Å². The van der Waals surface area contributed by atoms with E-state index in [-0.39, 0.29) is 25.7 Å². The molecule has 0 aliphatic rings. The summed E-state index contributed by atoms with van der Waals surface area (Å²) in [6.07, 6.45) is -1.76. The zero-order chi connectivity index (χ0) is 49.7. The second kappa shape index (κ2) is 30.9. The number of hydrogen-bond donors (Lipinski definition) is 15. The standard InChI is InChI=1S/C6H8O7.2C6H10O5.2C6H12O3.C6H14O/c7-3(8)1-6(13,5(11)12)2-4(9)10;1-6(11,2-4(7)8)3-5(9)10;1-2-6(11,5(9)10)3-4(7)8;1-3-6(2,9)4-5(7)8;1-3-6(9,4-2)5(7)8;1-4-6(3,7)5-2/h13H,1-2H2,(H,7,8)(H,9,10)(H,11,12);2*11H,2-3H2,1H3,(H,7,8)(H,9,10);2*9H,3-4H2,1-2H3,(H,7,8);7H,4-5H2,1-3H3. The quantitative estimate of drug-likeness (QED) is 0.0762. The van der Waals surface area contributed by atoms with Crippen molar-refractivity contribution in [2.24, 2.45) is 0 Å². The average Bonchev–Trinajstić information content (AvgIpc) is 3.06. The normalized spacial score (nSPS) is 12.8. The zero-order valence-electron chi connectivity index (χ0n) is 35.4. The lowest BCUT2D eigenvalue weighted by atomic mass is 9.96. The predicted octanol–water partition coefficient (Wildman–Crippen LogP) is 0.927. The van der Waals surface area contributed by atoms with Crippen LogP contribution in [0.4, 0.5) is 0 Å². The molecule has 0 saturated heterocycles. The van der Waals surface area contributed by atoms with Gasteiger partial charge in [0.1, 0.15) is 0 Å². The second-order valence-corrected chi connectivity index (χ2v) is 14.0. The molecular formula is C36H66O24. The van der Waals surface area contributed by atoms with Crippen molar-refractivity contribution >= 4 is 53.7 Å². The number of aliphatic carboxylic acids is 9. The highest BCUT2D eigenvalue weighted by Gasteiger charge is 2.41. The van der Waals surface area contributed by atoms with Crippen LogP contribution in [0.5, 0.6) is 0 Å². The van der Waals surface area contributed by atoms with Crippen LogP contribution in [0.3, 0.4) is 0 Å². The minimum absolute atomic E-state index is 0.116. The third-order valence-corrected chi connectivity index (χ3v) is 8.16. The van der Waals surface area contributed by atoms with Gasteiger partial charge in [0.25, 0.3) is 0 Å². The van der Waals surface area contributed by atoms with Gasteiger partial charge in [0.2, 0.25) is 0 Å². The van der Waals surface area contributed by atoms with Gasteiger partial charge in [0.15, 0.2) is 16.8 Å². The van der Waals surface area contributed by atoms with Crippen LogP contribution in [0.25, 0.3) is 0 Å². The topological polar surface area (TPSA) is 457 Å². The van der Waals surface area contributed by atoms with Crippen molar-refractivity contribution in [2.75, 3.05) is 0 Å². The molecule has 0 aliphatic carbocycles. The molecule has 2 atom stereocenters. The number of carboxylic acids is 9. The highest BCUT2D eigenvalue weighted by atomic mass is 16.4. The van der Waals surface area contributed by atoms with Crippen LogP contribution in [-0.2, 0) is 43.2 Å². The molecule has 0 fully saturated rings. The van der Waals surface area contributed by atoms with E-state index in [1.54, 1.807) is 20.8 Å². The van der Waals surface area contributed by atoms with Gasteiger partial charge in [-0.25, -0.2) is 14.4 Å². The minimum Gasteiger partial charge on any atom is -0.481 e. The van der Waals surface area contributed by atoms with E-state index in [1.807, 2.05) is 20.8 Å². The van der Waals surface area contributed by atoms with Crippen molar-refractivity contribution in [3.05, 3.63) is 0 Å². The van der Waals surface area contributed by atoms with E-state index in [9.17, 15) is 43.2 Å². The summed E-state index contributed by atoms with van der Waals surface area (Å²) >= 11 is 0. The van der Waals surface area contributed by atoms with Crippen molar-refractivity contribution in [1.82, 2.24) is 0 Å². The molecule has 0 bridgehead atoms. The molecule has 354 valence electrons. The molecule has 15 N–H and O–H groups in total. The lowest BCUT2D eigenvalue weighted by Gasteiger charge is -2.18. The predicted molar refractivity (Wildman–Crippen MR) is 205 cm³/mol. The van der Waals surface area contributed by atoms with E-state index in [0.717, 1.165) is 12.8 Å². The molecule has 0 aromatic rings. The molecule has 0 saturated carbocycles. The van der Waals surface area contributed by atoms with E-state index >= 15 is 0 Å². The number of carbonyl (C=O) groups is 9. The van der Waals surface area contributed by atoms with Gasteiger partial charge in [-0.05, 0) is 59.3 Å². The largest absolute Gasteiger partial charge is 0.481 e. The van der Waals surface area contributed by atoms with E-state index < -0.39 is 119 Å². The van der Waals surface area contributed by atoms with Gasteiger partial charge in [-0.15, -0.1) is 0 Å². The summed E-state index contributed by atoms with van der Waals surface area (Å²) in [6, 6.07) is 0. The molecular weight excluding hydrogens is 816 g/mol. The maximum absolute atomic E-state index is 10.3. The first-order valence-corrected chi connectivity index (χ1v) is 18.0. The Morgan fingerprint density at radius 2 is 0.483 bits per heavy atom. The molecule has 24 nitrogen and oxygen atoms in total. The van der Waals surface area contributed by atoms with Crippen LogP contribution in [-0.4, -0.2) is 164 Å². The number of rotatable bonds is 21. The Kier molecular flexibility index (Phi) is 34.4. The highest BCUT2D eigenvalue weighted by molar-refractivity contribution is 5.88. The first-order valence-electron chi connectivity index (χ1n) is 18.0. The van der Waals surface area contributed by atoms with Crippen LogP contribution < -0.4 is 0 Å². The van der Waals surface area contributed by atoms with Gasteiger partial charge in [-0.3, -0.25) is 28.8 Å². The Morgan fingerprint density at radius 3 is 0.583 bits per heavy atom. The minimum atomic E-state index is -2.74. The van der Waals surface area contributed by atoms with Crippen LogP contribution in [0.15, 0.2) is 0 Å². The summed E-state index contributed by atoms with van der Waals surface area (Å²) in [4.78, 5) is 91.1. The lowest BCUT2D eigenvalue weighted by molar-refractivity contribution is -0.170. The molecule has 2 unspecified atom stereocenters. The third-order valence-electron chi connectivity index (χ3n) is 8.16. The fourth-order valence-electron chi connectivity index (χ4n) is 3.28. The fourth-order valence-corrected chi connectivity index (χ4v) is 3.28. The lowest BCUT2D eigenvalue weighted by Crippen LogP contribution is -2.42. The maximum Gasteiger partial charge on any atom is 0.336 e. The summed E-state index contributed by atoms with van der Waals surface area (Å²) in [6.45, 7) is 15.0. The summed E-state index contributed by atoms with van der Waals surface area (Å²) in [5, 5.41) is 129. The first kappa shape index (κ1) is 66.8. The van der Waals surface area contributed by atoms with E-state index in [1.165, 1.54) is 20.8 Å². The highest BCUT2D eigenvalue weighted by Crippen LogP contribution is 2.17. The van der Waals surface area contributed by atoms with Crippen LogP contribution in [0, 0.1) is 0 Å². The van der Waals surface area contributed by atoms with Crippen molar-refractivity contribution in [3.8, 4) is 0 Å². The molecule has 0 amide bonds. The van der Waals surface area contributed by atoms with Crippen molar-refractivity contribution in [3.63, 3.8) is 0 Å². The summed E-state index contributed by atoms with van der Waals surface area (Å²) in [7, 11) is 0. The van der Waals surface area contributed by atoms with Crippen molar-refractivity contribution < 1.29 is 120 Å². The second-order valence-electron chi connectivity index (χ2n) is 14.0. The van der Waals surface area contributed by atoms with Gasteiger partial charge < -0.3 is 76.6 Å². The maximum atomic E-state index is 10.3. The molecule has 0 rings (SSSR count). The summed E-state index contributed by atoms with van der Waals surface area (Å²) in [5.41, 5.74) is -9.47. The smallest absolute Gasteiger partial charge is 0.336 e. The SMILES string of the molecule is CC(O)(CC(=O)O)CC(=O)O.CCC(C)(O)CC.CCC(C)(O)CC(=O)O.CCC(O)(CC(=O)O)C(=O)O.CCC(O)(CC)C(=O)O.O=C(O)CC(O)(CC(=O)O)C(=O)O. The Balaban J connectivity index is -0.000000147. The van der Waals surface area contributed by atoms with Gasteiger partial charge in [-0.2, -0.15) is 0 Å². The number of carboxylic acid groups (broad SMARTS) is 9. The fraction of sp³-hybridized carbons (Fsp3) is 0.750. The number of hydrogen-bond acceptors (Lipinski definition) is 15. The first-order chi connectivity index (χ1) is 26.7. The molecule has 24 heteroatoms. The van der Waals surface area contributed by atoms with Gasteiger partial charge in [0.05, 0.1) is 55.3 Å². The molecule has 0 aliphatic heterocycles. The van der Waals surface area contributed by atoms with Crippen molar-refractivity contribution in [1.29, 1.82) is 0 Å².